The Morgan fingerprint density at radius 3 is 2.70 bits per heavy atom. The van der Waals surface area contributed by atoms with Crippen LogP contribution in [0.15, 0.2) is 23.1 Å². The first-order valence-corrected chi connectivity index (χ1v) is 3.73. The predicted molar refractivity (Wildman–Crippen MR) is 48.3 cm³/mol. The maximum atomic E-state index is 5.70. The number of halogens is 1. The molecule has 0 aromatic heterocycles. The van der Waals surface area contributed by atoms with Gasteiger partial charge in [0, 0.05) is 22.7 Å². The molecule has 0 spiro atoms. The fourth-order valence-corrected chi connectivity index (χ4v) is 1.29. The number of anilines is 1. The van der Waals surface area contributed by atoms with Gasteiger partial charge in [0.05, 0.1) is 0 Å². The molecule has 0 bridgehead atoms. The summed E-state index contributed by atoms with van der Waals surface area (Å²) in [6.07, 6.45) is 0. The molecule has 0 aliphatic rings. The van der Waals surface area contributed by atoms with Crippen LogP contribution in [0.3, 0.4) is 0 Å². The minimum atomic E-state index is 0.712. The van der Waals surface area contributed by atoms with E-state index in [4.69, 9.17) is 11.6 Å². The molecule has 0 amide bonds. The molecule has 1 N–H and O–H groups in total. The zero-order valence-corrected chi connectivity index (χ0v) is 7.21. The van der Waals surface area contributed by atoms with Crippen molar-refractivity contribution in [3.05, 3.63) is 23.2 Å². The second kappa shape index (κ2) is 3.17. The maximum absolute atomic E-state index is 5.70. The Hall–Kier alpha value is -0.340. The number of nitrogens with one attached hydrogen (secondary N) is 1. The van der Waals surface area contributed by atoms with Gasteiger partial charge in [-0.25, -0.2) is 0 Å². The van der Waals surface area contributed by atoms with Gasteiger partial charge in [0.2, 0.25) is 0 Å². The molecule has 0 heterocycles. The topological polar surface area (TPSA) is 12.0 Å². The van der Waals surface area contributed by atoms with Gasteiger partial charge in [-0.15, -0.1) is 12.6 Å². The Kier molecular flexibility index (Phi) is 2.46. The van der Waals surface area contributed by atoms with E-state index in [1.165, 1.54) is 0 Å². The zero-order chi connectivity index (χ0) is 7.56. The van der Waals surface area contributed by atoms with Crippen LogP contribution in [0, 0.1) is 0 Å². The van der Waals surface area contributed by atoms with Gasteiger partial charge in [0.25, 0.3) is 0 Å². The second-order valence-electron chi connectivity index (χ2n) is 1.91. The van der Waals surface area contributed by atoms with E-state index < -0.39 is 0 Å². The average Bonchev–Trinajstić information content (AvgIpc) is 1.88. The highest BCUT2D eigenvalue weighted by atomic mass is 35.5. The predicted octanol–water partition coefficient (Wildman–Crippen LogP) is 2.67. The molecule has 3 heteroatoms. The summed E-state index contributed by atoms with van der Waals surface area (Å²) in [5, 5.41) is 3.70. The van der Waals surface area contributed by atoms with Gasteiger partial charge in [-0.1, -0.05) is 11.6 Å². The SMILES string of the molecule is CNc1ccc(Cl)cc1S. The van der Waals surface area contributed by atoms with Crippen LogP contribution in [0.4, 0.5) is 5.69 Å². The molecule has 0 radical (unpaired) electrons. The molecule has 1 nitrogen and oxygen atoms in total. The first kappa shape index (κ1) is 7.76. The van der Waals surface area contributed by atoms with Crippen LogP contribution in [0.25, 0.3) is 0 Å². The highest BCUT2D eigenvalue weighted by molar-refractivity contribution is 7.80. The molecular formula is C7H8ClNS. The van der Waals surface area contributed by atoms with Gasteiger partial charge in [-0.3, -0.25) is 0 Å². The van der Waals surface area contributed by atoms with Crippen molar-refractivity contribution in [2.75, 3.05) is 12.4 Å². The van der Waals surface area contributed by atoms with E-state index in [2.05, 4.69) is 17.9 Å². The van der Waals surface area contributed by atoms with Crippen molar-refractivity contribution in [2.45, 2.75) is 4.90 Å². The van der Waals surface area contributed by atoms with Gasteiger partial charge in [0.15, 0.2) is 0 Å². The molecule has 54 valence electrons. The minimum absolute atomic E-state index is 0.712. The van der Waals surface area contributed by atoms with Gasteiger partial charge in [0.1, 0.15) is 0 Å². The van der Waals surface area contributed by atoms with Crippen molar-refractivity contribution in [3.63, 3.8) is 0 Å². The Labute approximate surface area is 70.8 Å². The summed E-state index contributed by atoms with van der Waals surface area (Å²) < 4.78 is 0. The molecule has 1 rings (SSSR count). The van der Waals surface area contributed by atoms with E-state index in [0.29, 0.717) is 5.02 Å². The average molecular weight is 174 g/mol. The van der Waals surface area contributed by atoms with E-state index in [9.17, 15) is 0 Å². The maximum Gasteiger partial charge on any atom is 0.0474 e. The van der Waals surface area contributed by atoms with Crippen LogP contribution >= 0.6 is 24.2 Å². The van der Waals surface area contributed by atoms with Crippen LogP contribution in [0.2, 0.25) is 5.02 Å². The molecule has 1 aromatic carbocycles. The zero-order valence-electron chi connectivity index (χ0n) is 5.56. The van der Waals surface area contributed by atoms with Crippen molar-refractivity contribution in [3.8, 4) is 0 Å². The first-order chi connectivity index (χ1) is 4.74. The smallest absolute Gasteiger partial charge is 0.0474 e. The standard InChI is InChI=1S/C7H8ClNS/c1-9-6-3-2-5(8)4-7(6)10/h2-4,9-10H,1H3. The number of hydrogen-bond acceptors (Lipinski definition) is 2. The molecule has 0 atom stereocenters. The fourth-order valence-electron chi connectivity index (χ4n) is 0.716. The first-order valence-electron chi connectivity index (χ1n) is 2.90. The Morgan fingerprint density at radius 2 is 2.20 bits per heavy atom. The molecule has 0 aliphatic carbocycles. The molecule has 0 aliphatic heterocycles. The summed E-state index contributed by atoms with van der Waals surface area (Å²) in [7, 11) is 1.85. The van der Waals surface area contributed by atoms with E-state index in [0.717, 1.165) is 10.6 Å². The lowest BCUT2D eigenvalue weighted by molar-refractivity contribution is 1.39. The van der Waals surface area contributed by atoms with Gasteiger partial charge < -0.3 is 5.32 Å². The van der Waals surface area contributed by atoms with Crippen molar-refractivity contribution in [1.29, 1.82) is 0 Å². The van der Waals surface area contributed by atoms with Crippen molar-refractivity contribution in [1.82, 2.24) is 0 Å². The van der Waals surface area contributed by atoms with Gasteiger partial charge in [-0.05, 0) is 18.2 Å². The third-order valence-electron chi connectivity index (χ3n) is 1.23. The summed E-state index contributed by atoms with van der Waals surface area (Å²) in [6, 6.07) is 5.52. The van der Waals surface area contributed by atoms with E-state index >= 15 is 0 Å². The highest BCUT2D eigenvalue weighted by Gasteiger charge is 1.94. The molecule has 0 saturated carbocycles. The summed E-state index contributed by atoms with van der Waals surface area (Å²) >= 11 is 9.90. The third-order valence-corrected chi connectivity index (χ3v) is 1.83. The molecule has 0 unspecified atom stereocenters. The van der Waals surface area contributed by atoms with E-state index in [1.54, 1.807) is 6.07 Å². The van der Waals surface area contributed by atoms with Gasteiger partial charge >= 0.3 is 0 Å². The van der Waals surface area contributed by atoms with Crippen LogP contribution in [-0.4, -0.2) is 7.05 Å². The van der Waals surface area contributed by atoms with E-state index in [-0.39, 0.29) is 0 Å². The molecule has 1 aromatic rings. The Bertz CT molecular complexity index is 237. The quantitative estimate of drug-likeness (QED) is 0.623. The molecule has 10 heavy (non-hydrogen) atoms. The van der Waals surface area contributed by atoms with Crippen molar-refractivity contribution in [2.24, 2.45) is 0 Å². The van der Waals surface area contributed by atoms with Crippen LogP contribution in [-0.2, 0) is 0 Å². The molecular weight excluding hydrogens is 166 g/mol. The molecule has 0 saturated heterocycles. The van der Waals surface area contributed by atoms with Crippen LogP contribution in [0.5, 0.6) is 0 Å². The lowest BCUT2D eigenvalue weighted by Gasteiger charge is -2.02. The lowest BCUT2D eigenvalue weighted by atomic mass is 10.3. The number of thiol groups is 1. The highest BCUT2D eigenvalue weighted by Crippen LogP contribution is 2.22. The summed E-state index contributed by atoms with van der Waals surface area (Å²) in [6.45, 7) is 0. The molecule has 0 fully saturated rings. The third kappa shape index (κ3) is 1.58. The summed E-state index contributed by atoms with van der Waals surface area (Å²) in [5.74, 6) is 0. The van der Waals surface area contributed by atoms with Gasteiger partial charge in [-0.2, -0.15) is 0 Å². The van der Waals surface area contributed by atoms with Crippen molar-refractivity contribution >= 4 is 29.9 Å². The Balaban J connectivity index is 3.07. The summed E-state index contributed by atoms with van der Waals surface area (Å²) in [5.41, 5.74) is 0.993. The summed E-state index contributed by atoms with van der Waals surface area (Å²) in [4.78, 5) is 0.870. The normalized spacial score (nSPS) is 9.50. The largest absolute Gasteiger partial charge is 0.387 e. The van der Waals surface area contributed by atoms with Crippen molar-refractivity contribution < 1.29 is 0 Å². The van der Waals surface area contributed by atoms with Crippen LogP contribution in [0.1, 0.15) is 0 Å². The Morgan fingerprint density at radius 1 is 1.50 bits per heavy atom. The fraction of sp³-hybridized carbons (Fsp3) is 0.143. The minimum Gasteiger partial charge on any atom is -0.387 e. The van der Waals surface area contributed by atoms with E-state index in [1.807, 2.05) is 19.2 Å². The second-order valence-corrected chi connectivity index (χ2v) is 2.83. The number of hydrogen-bond donors (Lipinski definition) is 2. The number of rotatable bonds is 1. The number of benzene rings is 1. The van der Waals surface area contributed by atoms with Crippen LogP contribution < -0.4 is 5.32 Å². The lowest BCUT2D eigenvalue weighted by Crippen LogP contribution is -1.88. The monoisotopic (exact) mass is 173 g/mol.